The van der Waals surface area contributed by atoms with Crippen LogP contribution in [-0.2, 0) is 4.79 Å². The number of imidazole rings is 1. The van der Waals surface area contributed by atoms with Crippen molar-refractivity contribution in [2.45, 2.75) is 40.0 Å². The first-order chi connectivity index (χ1) is 11.6. The summed E-state index contributed by atoms with van der Waals surface area (Å²) in [5, 5.41) is 3.08. The summed E-state index contributed by atoms with van der Waals surface area (Å²) in [6.45, 7) is 6.19. The fourth-order valence-electron chi connectivity index (χ4n) is 2.82. The lowest BCUT2D eigenvalue weighted by Gasteiger charge is -2.09. The number of aryl methyl sites for hydroxylation is 2. The maximum absolute atomic E-state index is 12.3. The molecule has 3 aromatic rings. The van der Waals surface area contributed by atoms with E-state index in [-0.39, 0.29) is 5.91 Å². The molecule has 1 amide bonds. The number of rotatable bonds is 5. The Morgan fingerprint density at radius 2 is 2.00 bits per heavy atom. The summed E-state index contributed by atoms with van der Waals surface area (Å²) in [6, 6.07) is 12.2. The largest absolute Gasteiger partial charge is 0.310 e. The van der Waals surface area contributed by atoms with Crippen molar-refractivity contribution >= 4 is 17.4 Å². The summed E-state index contributed by atoms with van der Waals surface area (Å²) in [5.41, 5.74) is 5.00. The van der Waals surface area contributed by atoms with E-state index in [9.17, 15) is 4.79 Å². The molecule has 0 aliphatic rings. The second-order valence-corrected chi connectivity index (χ2v) is 6.21. The zero-order valence-electron chi connectivity index (χ0n) is 14.5. The molecule has 0 spiro atoms. The van der Waals surface area contributed by atoms with Crippen LogP contribution in [0.3, 0.4) is 0 Å². The molecular formula is C20H23N3O. The minimum Gasteiger partial charge on any atom is -0.310 e. The molecule has 24 heavy (non-hydrogen) atoms. The van der Waals surface area contributed by atoms with Gasteiger partial charge in [0.25, 0.3) is 0 Å². The van der Waals surface area contributed by atoms with E-state index in [1.165, 1.54) is 0 Å². The zero-order chi connectivity index (χ0) is 17.1. The van der Waals surface area contributed by atoms with Crippen molar-refractivity contribution in [2.24, 2.45) is 0 Å². The van der Waals surface area contributed by atoms with Crippen LogP contribution in [0.5, 0.6) is 0 Å². The van der Waals surface area contributed by atoms with Crippen LogP contribution < -0.4 is 5.32 Å². The molecule has 0 saturated heterocycles. The fourth-order valence-corrected chi connectivity index (χ4v) is 2.82. The fraction of sp³-hybridized carbons (Fsp3) is 0.300. The first-order valence-electron chi connectivity index (χ1n) is 8.44. The van der Waals surface area contributed by atoms with Gasteiger partial charge in [-0.05, 0) is 43.5 Å². The van der Waals surface area contributed by atoms with Crippen molar-refractivity contribution in [3.63, 3.8) is 0 Å². The van der Waals surface area contributed by atoms with Crippen molar-refractivity contribution in [1.29, 1.82) is 0 Å². The minimum absolute atomic E-state index is 0.0362. The van der Waals surface area contributed by atoms with E-state index in [2.05, 4.69) is 25.2 Å². The molecule has 1 aromatic carbocycles. The normalized spacial score (nSPS) is 11.0. The summed E-state index contributed by atoms with van der Waals surface area (Å²) in [6.07, 6.45) is 4.39. The zero-order valence-corrected chi connectivity index (χ0v) is 14.5. The smallest absolute Gasteiger partial charge is 0.225 e. The van der Waals surface area contributed by atoms with Crippen molar-refractivity contribution in [3.05, 3.63) is 53.7 Å². The average Bonchev–Trinajstić information content (AvgIpc) is 2.90. The van der Waals surface area contributed by atoms with Crippen LogP contribution in [0.1, 0.15) is 37.3 Å². The van der Waals surface area contributed by atoms with Gasteiger partial charge in [0.1, 0.15) is 17.2 Å². The highest BCUT2D eigenvalue weighted by atomic mass is 16.1. The Morgan fingerprint density at radius 1 is 1.21 bits per heavy atom. The Kier molecular flexibility index (Phi) is 4.65. The molecular weight excluding hydrogens is 298 g/mol. The minimum atomic E-state index is 0.0362. The predicted octanol–water partition coefficient (Wildman–Crippen LogP) is 4.75. The Bertz CT molecular complexity index is 880. The predicted molar refractivity (Wildman–Crippen MR) is 98.3 cm³/mol. The van der Waals surface area contributed by atoms with Crippen LogP contribution in [0, 0.1) is 13.8 Å². The number of hydrogen-bond acceptors (Lipinski definition) is 2. The van der Waals surface area contributed by atoms with Crippen LogP contribution in [0.2, 0.25) is 0 Å². The van der Waals surface area contributed by atoms with E-state index in [0.29, 0.717) is 6.42 Å². The third-order valence-corrected chi connectivity index (χ3v) is 4.20. The molecule has 0 saturated carbocycles. The highest BCUT2D eigenvalue weighted by molar-refractivity contribution is 5.94. The maximum atomic E-state index is 12.3. The molecule has 0 atom stereocenters. The topological polar surface area (TPSA) is 46.4 Å². The average molecular weight is 321 g/mol. The Labute approximate surface area is 142 Å². The van der Waals surface area contributed by atoms with Gasteiger partial charge in [-0.3, -0.25) is 9.20 Å². The van der Waals surface area contributed by atoms with Gasteiger partial charge < -0.3 is 5.32 Å². The van der Waals surface area contributed by atoms with Crippen molar-refractivity contribution in [2.75, 3.05) is 5.32 Å². The molecule has 0 radical (unpaired) electrons. The van der Waals surface area contributed by atoms with Gasteiger partial charge in [-0.2, -0.15) is 0 Å². The molecule has 124 valence electrons. The monoisotopic (exact) mass is 321 g/mol. The first kappa shape index (κ1) is 16.2. The van der Waals surface area contributed by atoms with Gasteiger partial charge in [-0.25, -0.2) is 4.98 Å². The summed E-state index contributed by atoms with van der Waals surface area (Å²) in [4.78, 5) is 17.1. The van der Waals surface area contributed by atoms with Gasteiger partial charge in [0.2, 0.25) is 5.91 Å². The Balaban J connectivity index is 2.12. The van der Waals surface area contributed by atoms with Crippen LogP contribution >= 0.6 is 0 Å². The molecule has 0 aliphatic heterocycles. The van der Waals surface area contributed by atoms with Crippen LogP contribution in [0.15, 0.2) is 42.6 Å². The summed E-state index contributed by atoms with van der Waals surface area (Å²) in [5.74, 6) is 0.787. The van der Waals surface area contributed by atoms with Gasteiger partial charge >= 0.3 is 0 Å². The number of carbonyl (C=O) groups excluding carboxylic acids is 1. The lowest BCUT2D eigenvalue weighted by molar-refractivity contribution is -0.116. The Morgan fingerprint density at radius 3 is 2.75 bits per heavy atom. The van der Waals surface area contributed by atoms with Crippen molar-refractivity contribution in [1.82, 2.24) is 9.38 Å². The van der Waals surface area contributed by atoms with E-state index in [1.807, 2.05) is 47.9 Å². The third kappa shape index (κ3) is 3.18. The highest BCUT2D eigenvalue weighted by Gasteiger charge is 2.17. The molecule has 0 fully saturated rings. The number of aromatic nitrogens is 2. The third-order valence-electron chi connectivity index (χ3n) is 4.20. The van der Waals surface area contributed by atoms with Gasteiger partial charge in [-0.15, -0.1) is 0 Å². The van der Waals surface area contributed by atoms with Crippen LogP contribution in [0.4, 0.5) is 5.82 Å². The first-order valence-corrected chi connectivity index (χ1v) is 8.44. The lowest BCUT2D eigenvalue weighted by atomic mass is 10.1. The standard InChI is InChI=1S/C20H23N3O/c1-4-5-10-18(24)22-20-19(16-9-7-6-8-15(16)3)21-17-13-14(2)11-12-23(17)20/h6-9,11-13H,4-5,10H2,1-3H3,(H,22,24). The second kappa shape index (κ2) is 6.87. The molecule has 2 heterocycles. The van der Waals surface area contributed by atoms with Gasteiger partial charge in [0, 0.05) is 18.2 Å². The molecule has 0 unspecified atom stereocenters. The molecule has 3 rings (SSSR count). The van der Waals surface area contributed by atoms with E-state index < -0.39 is 0 Å². The van der Waals surface area contributed by atoms with Crippen molar-refractivity contribution < 1.29 is 4.79 Å². The number of unbranched alkanes of at least 4 members (excludes halogenated alkanes) is 1. The molecule has 2 aromatic heterocycles. The maximum Gasteiger partial charge on any atom is 0.225 e. The van der Waals surface area contributed by atoms with E-state index in [4.69, 9.17) is 4.98 Å². The number of benzene rings is 1. The van der Waals surface area contributed by atoms with Gasteiger partial charge in [0.05, 0.1) is 0 Å². The highest BCUT2D eigenvalue weighted by Crippen LogP contribution is 2.31. The van der Waals surface area contributed by atoms with Gasteiger partial charge in [0.15, 0.2) is 0 Å². The Hall–Kier alpha value is -2.62. The number of amides is 1. The quantitative estimate of drug-likeness (QED) is 0.737. The molecule has 0 aliphatic carbocycles. The number of fused-ring (bicyclic) bond motifs is 1. The number of carbonyl (C=O) groups is 1. The lowest BCUT2D eigenvalue weighted by Crippen LogP contribution is -2.13. The van der Waals surface area contributed by atoms with Crippen molar-refractivity contribution in [3.8, 4) is 11.3 Å². The summed E-state index contributed by atoms with van der Waals surface area (Å²) in [7, 11) is 0. The van der Waals surface area contributed by atoms with E-state index >= 15 is 0 Å². The summed E-state index contributed by atoms with van der Waals surface area (Å²) < 4.78 is 1.96. The van der Waals surface area contributed by atoms with Crippen LogP contribution in [-0.4, -0.2) is 15.3 Å². The number of nitrogens with one attached hydrogen (secondary N) is 1. The second-order valence-electron chi connectivity index (χ2n) is 6.21. The molecule has 4 nitrogen and oxygen atoms in total. The summed E-state index contributed by atoms with van der Waals surface area (Å²) >= 11 is 0. The van der Waals surface area contributed by atoms with Crippen LogP contribution in [0.25, 0.3) is 16.9 Å². The molecule has 0 bridgehead atoms. The number of nitrogens with zero attached hydrogens (tertiary/aromatic N) is 2. The number of hydrogen-bond donors (Lipinski definition) is 1. The van der Waals surface area contributed by atoms with Gasteiger partial charge in [-0.1, -0.05) is 37.6 Å². The number of anilines is 1. The van der Waals surface area contributed by atoms with E-state index in [0.717, 1.165) is 46.7 Å². The molecule has 4 heteroatoms. The van der Waals surface area contributed by atoms with E-state index in [1.54, 1.807) is 0 Å². The molecule has 1 N–H and O–H groups in total. The number of pyridine rings is 1. The SMILES string of the molecule is CCCCC(=O)Nc1c(-c2ccccc2C)nc2cc(C)ccn12.